The largest absolute Gasteiger partial charge is 2.00 e. The second-order valence-corrected chi connectivity index (χ2v) is 4.35. The third kappa shape index (κ3) is 8.28. The Morgan fingerprint density at radius 2 is 0.742 bits per heavy atom. The molecule has 0 aliphatic heterocycles. The van der Waals surface area contributed by atoms with Gasteiger partial charge in [0, 0.05) is 11.3 Å². The Bertz CT molecular complexity index is 1290. The van der Waals surface area contributed by atoms with Crippen LogP contribution in [0.15, 0.2) is 28.8 Å². The van der Waals surface area contributed by atoms with E-state index in [1.165, 1.54) is 0 Å². The molecule has 20 nitrogen and oxygen atoms in total. The molecule has 0 aromatic carbocycles. The van der Waals surface area contributed by atoms with Gasteiger partial charge in [0.25, 0.3) is 11.4 Å². The van der Waals surface area contributed by atoms with Crippen LogP contribution in [-0.2, 0) is 0 Å². The topological polar surface area (TPSA) is 414 Å². The number of aromatic nitrogens is 8. The number of nitrogens with zero attached hydrogens (tertiary/aromatic N) is 2. The van der Waals surface area contributed by atoms with E-state index in [4.69, 9.17) is 0 Å². The summed E-state index contributed by atoms with van der Waals surface area (Å²) in [6, 6.07) is 0. The van der Waals surface area contributed by atoms with Crippen molar-refractivity contribution in [2.75, 3.05) is 0 Å². The molecule has 4 rings (SSSR count). The van der Waals surface area contributed by atoms with Gasteiger partial charge in [-0.05, 0) is 0 Å². The van der Waals surface area contributed by atoms with Crippen LogP contribution in [0, 0.1) is 0 Å². The summed E-state index contributed by atoms with van der Waals surface area (Å²) in [5, 5.41) is 0. The molecular weight excluding hydrogens is 464 g/mol. The first-order chi connectivity index (χ1) is 11.3. The van der Waals surface area contributed by atoms with Gasteiger partial charge in [0.15, 0.2) is 0 Å². The van der Waals surface area contributed by atoms with Gasteiger partial charge in [-0.1, -0.05) is 0 Å². The van der Waals surface area contributed by atoms with Crippen molar-refractivity contribution in [3.63, 3.8) is 0 Å². The summed E-state index contributed by atoms with van der Waals surface area (Å²) < 4.78 is 0. The van der Waals surface area contributed by atoms with E-state index in [1.807, 2.05) is 9.97 Å². The van der Waals surface area contributed by atoms with Crippen LogP contribution in [0.2, 0.25) is 0 Å². The summed E-state index contributed by atoms with van der Waals surface area (Å²) in [7, 11) is 0. The zero-order chi connectivity index (χ0) is 17.4. The number of fused-ring (bicyclic) bond motifs is 2. The van der Waals surface area contributed by atoms with Crippen LogP contribution >= 0.6 is 0 Å². The fourth-order valence-corrected chi connectivity index (χ4v) is 1.82. The fraction of sp³-hybridized carbons (Fsp3) is 0. The Kier molecular flexibility index (Phi) is 18.4. The van der Waals surface area contributed by atoms with Crippen molar-refractivity contribution >= 4 is 60.1 Å². The number of H-pyrrole nitrogens is 6. The van der Waals surface area contributed by atoms with Crippen molar-refractivity contribution in [1.29, 1.82) is 0 Å². The molecule has 0 bridgehead atoms. The zero-order valence-electron chi connectivity index (χ0n) is 15.1. The zero-order valence-corrected chi connectivity index (χ0v) is 17.3. The average Bonchev–Trinajstić information content (AvgIpc) is 3.01. The van der Waals surface area contributed by atoms with Crippen molar-refractivity contribution in [2.45, 2.75) is 0 Å². The molecule has 21 heteroatoms. The van der Waals surface area contributed by atoms with E-state index in [9.17, 15) is 28.8 Å². The number of hydrogen-bond acceptors (Lipinski definition) is 6. The second-order valence-electron chi connectivity index (χ2n) is 4.35. The van der Waals surface area contributed by atoms with E-state index in [0.717, 1.165) is 0 Å². The van der Waals surface area contributed by atoms with E-state index >= 15 is 0 Å². The summed E-state index contributed by atoms with van der Waals surface area (Å²) in [5.41, 5.74) is -4.04. The molecule has 0 fully saturated rings. The van der Waals surface area contributed by atoms with E-state index in [0.29, 0.717) is 0 Å². The summed E-state index contributed by atoms with van der Waals surface area (Å²) in [6.45, 7) is 0. The standard InChI is InChI=1S/2C5H4N4O3.Ca.6H2O/c2*10-3-1-2(7-4(11)6-1)8-5(12)9-3;;;;;;;/h2*(H4,6,7,8,9,10,11,12);;6*1H2/q;;+2;;;;;;/p-2. The quantitative estimate of drug-likeness (QED) is 0.130. The Morgan fingerprint density at radius 1 is 0.452 bits per heavy atom. The maximum atomic E-state index is 10.9. The van der Waals surface area contributed by atoms with Gasteiger partial charge in [0.2, 0.25) is 22.5 Å². The van der Waals surface area contributed by atoms with Crippen molar-refractivity contribution in [3.05, 3.63) is 62.6 Å². The number of imidazole rings is 2. The first kappa shape index (κ1) is 38.5. The molecule has 0 unspecified atom stereocenters. The van der Waals surface area contributed by atoms with Crippen LogP contribution < -0.4 is 43.8 Å². The predicted molar refractivity (Wildman–Crippen MR) is 106 cm³/mol. The molecule has 0 atom stereocenters. The molecule has 0 spiro atoms. The van der Waals surface area contributed by atoms with Crippen LogP contribution in [0.3, 0.4) is 0 Å². The molecule has 0 radical (unpaired) electrons. The Morgan fingerprint density at radius 3 is 1.03 bits per heavy atom. The van der Waals surface area contributed by atoms with Crippen LogP contribution in [0.5, 0.6) is 0 Å². The first-order valence-corrected chi connectivity index (χ1v) is 6.12. The van der Waals surface area contributed by atoms with Gasteiger partial charge >= 0.3 is 37.7 Å². The minimum Gasteiger partial charge on any atom is -0.412 e. The molecule has 0 saturated heterocycles. The van der Waals surface area contributed by atoms with Gasteiger partial charge in [-0.2, -0.15) is 0 Å². The molecule has 18 N–H and O–H groups in total. The van der Waals surface area contributed by atoms with Crippen LogP contribution in [0.25, 0.3) is 22.3 Å². The minimum absolute atomic E-state index is 0. The smallest absolute Gasteiger partial charge is 0.412 e. The molecule has 172 valence electrons. The van der Waals surface area contributed by atoms with Crippen molar-refractivity contribution in [2.24, 2.45) is 0 Å². The van der Waals surface area contributed by atoms with E-state index < -0.39 is 33.9 Å². The Hall–Kier alpha value is -3.08. The third-order valence-electron chi connectivity index (χ3n) is 2.74. The number of rotatable bonds is 0. The third-order valence-corrected chi connectivity index (χ3v) is 2.74. The molecular formula is C10H18CaN8O12. The molecule has 0 aliphatic rings. The van der Waals surface area contributed by atoms with E-state index in [1.54, 1.807) is 0 Å². The number of nitrogens with one attached hydrogen (secondary N) is 6. The maximum Gasteiger partial charge on any atom is 2.00 e. The summed E-state index contributed by atoms with van der Waals surface area (Å²) in [4.78, 5) is 83.7. The molecule has 4 heterocycles. The van der Waals surface area contributed by atoms with Gasteiger partial charge in [-0.3, -0.25) is 28.8 Å². The SMILES string of the molecule is O.O.O.O.O.O.O=c1[n-]c2[nH]c(=O)[nH]c2c(=O)[nH]1.O=c1[n-]c2[nH]c(=O)[nH]c2c(=O)[nH]1.[Ca+2]. The molecule has 0 saturated carbocycles. The molecule has 0 amide bonds. The molecule has 0 aliphatic carbocycles. The molecule has 4 aromatic rings. The monoisotopic (exact) mass is 482 g/mol. The van der Waals surface area contributed by atoms with Crippen LogP contribution in [0.1, 0.15) is 0 Å². The van der Waals surface area contributed by atoms with Gasteiger partial charge in [0.1, 0.15) is 11.0 Å². The van der Waals surface area contributed by atoms with Crippen molar-refractivity contribution in [3.8, 4) is 0 Å². The maximum absolute atomic E-state index is 10.9. The van der Waals surface area contributed by atoms with Gasteiger partial charge in [0.05, 0.1) is 0 Å². The Balaban J connectivity index is -0.000000119. The normalized spacial score (nSPS) is 8.26. The number of aromatic amines is 6. The molecule has 31 heavy (non-hydrogen) atoms. The van der Waals surface area contributed by atoms with Crippen molar-refractivity contribution in [1.82, 2.24) is 39.9 Å². The van der Waals surface area contributed by atoms with E-state index in [2.05, 4.69) is 29.9 Å². The second kappa shape index (κ2) is 14.8. The first-order valence-electron chi connectivity index (χ1n) is 6.12. The minimum atomic E-state index is -0.775. The van der Waals surface area contributed by atoms with Gasteiger partial charge < -0.3 is 72.7 Å². The molecule has 4 aromatic heterocycles. The summed E-state index contributed by atoms with van der Waals surface area (Å²) in [6.07, 6.45) is 0. The van der Waals surface area contributed by atoms with Gasteiger partial charge in [-0.15, -0.1) is 0 Å². The van der Waals surface area contributed by atoms with Crippen LogP contribution in [-0.4, -0.2) is 100 Å². The predicted octanol–water partition coefficient (Wildman–Crippen LogP) is -9.61. The van der Waals surface area contributed by atoms with Gasteiger partial charge in [-0.25, -0.2) is 0 Å². The van der Waals surface area contributed by atoms with Crippen molar-refractivity contribution < 1.29 is 32.9 Å². The fourth-order valence-electron chi connectivity index (χ4n) is 1.82. The van der Waals surface area contributed by atoms with E-state index in [-0.39, 0.29) is 92.9 Å². The average molecular weight is 482 g/mol. The number of hydrogen-bond donors (Lipinski definition) is 6. The van der Waals surface area contributed by atoms with Crippen LogP contribution in [0.4, 0.5) is 0 Å². The summed E-state index contributed by atoms with van der Waals surface area (Å²) >= 11 is 0. The Labute approximate surface area is 195 Å². The summed E-state index contributed by atoms with van der Waals surface area (Å²) in [5.74, 6) is 0.